The SMILES string of the molecule is CC(C)Oc1ccc(C(=O)O)cc1NC(=O)CC1CCC(C(F)(F)F)CC1. The molecule has 0 atom stereocenters. The summed E-state index contributed by atoms with van der Waals surface area (Å²) in [7, 11) is 0. The van der Waals surface area contributed by atoms with E-state index in [1.165, 1.54) is 18.2 Å². The second-order valence-corrected chi connectivity index (χ2v) is 7.19. The van der Waals surface area contributed by atoms with Crippen molar-refractivity contribution in [1.82, 2.24) is 0 Å². The molecule has 1 aliphatic carbocycles. The average molecular weight is 387 g/mol. The predicted molar refractivity (Wildman–Crippen MR) is 93.9 cm³/mol. The van der Waals surface area contributed by atoms with Crippen LogP contribution in [0.2, 0.25) is 0 Å². The minimum Gasteiger partial charge on any atom is -0.489 e. The van der Waals surface area contributed by atoms with Crippen molar-refractivity contribution in [1.29, 1.82) is 0 Å². The van der Waals surface area contributed by atoms with E-state index in [4.69, 9.17) is 9.84 Å². The van der Waals surface area contributed by atoms with E-state index in [1.807, 2.05) is 0 Å². The lowest BCUT2D eigenvalue weighted by Crippen LogP contribution is -2.29. The summed E-state index contributed by atoms with van der Waals surface area (Å²) < 4.78 is 43.8. The molecule has 1 aliphatic rings. The lowest BCUT2D eigenvalue weighted by atomic mass is 9.80. The lowest BCUT2D eigenvalue weighted by molar-refractivity contribution is -0.183. The van der Waals surface area contributed by atoms with Crippen molar-refractivity contribution in [3.63, 3.8) is 0 Å². The first-order valence-electron chi connectivity index (χ1n) is 8.96. The van der Waals surface area contributed by atoms with Gasteiger partial charge in [0.15, 0.2) is 0 Å². The van der Waals surface area contributed by atoms with Gasteiger partial charge in [-0.2, -0.15) is 13.2 Å². The van der Waals surface area contributed by atoms with E-state index in [1.54, 1.807) is 13.8 Å². The number of carbonyl (C=O) groups is 2. The molecule has 1 fully saturated rings. The molecule has 0 unspecified atom stereocenters. The van der Waals surface area contributed by atoms with Crippen LogP contribution in [0.25, 0.3) is 0 Å². The highest BCUT2D eigenvalue weighted by atomic mass is 19.4. The largest absolute Gasteiger partial charge is 0.489 e. The number of carboxylic acid groups (broad SMARTS) is 1. The summed E-state index contributed by atoms with van der Waals surface area (Å²) in [5.41, 5.74) is 0.254. The number of hydrogen-bond acceptors (Lipinski definition) is 3. The minimum absolute atomic E-state index is 0.00657. The summed E-state index contributed by atoms with van der Waals surface area (Å²) >= 11 is 0. The maximum Gasteiger partial charge on any atom is 0.391 e. The molecule has 0 bridgehead atoms. The molecular weight excluding hydrogens is 363 g/mol. The Morgan fingerprint density at radius 3 is 2.37 bits per heavy atom. The molecule has 0 spiro atoms. The Balaban J connectivity index is 2.00. The van der Waals surface area contributed by atoms with Crippen molar-refractivity contribution in [2.24, 2.45) is 11.8 Å². The minimum atomic E-state index is -4.17. The fourth-order valence-electron chi connectivity index (χ4n) is 3.27. The molecule has 150 valence electrons. The first-order chi connectivity index (χ1) is 12.6. The number of ether oxygens (including phenoxy) is 1. The highest BCUT2D eigenvalue weighted by Crippen LogP contribution is 2.40. The van der Waals surface area contributed by atoms with Gasteiger partial charge in [0.25, 0.3) is 0 Å². The van der Waals surface area contributed by atoms with Crippen molar-refractivity contribution in [2.75, 3.05) is 5.32 Å². The zero-order valence-electron chi connectivity index (χ0n) is 15.3. The zero-order valence-corrected chi connectivity index (χ0v) is 15.3. The Labute approximate surface area is 155 Å². The van der Waals surface area contributed by atoms with Gasteiger partial charge in [0.1, 0.15) is 5.75 Å². The van der Waals surface area contributed by atoms with Gasteiger partial charge in [-0.25, -0.2) is 4.79 Å². The van der Waals surface area contributed by atoms with Crippen LogP contribution < -0.4 is 10.1 Å². The molecular formula is C19H24F3NO4. The van der Waals surface area contributed by atoms with E-state index in [0.717, 1.165) is 0 Å². The Hall–Kier alpha value is -2.25. The van der Waals surface area contributed by atoms with Crippen LogP contribution in [0, 0.1) is 11.8 Å². The van der Waals surface area contributed by atoms with Crippen molar-refractivity contribution in [3.05, 3.63) is 23.8 Å². The average Bonchev–Trinajstić information content (AvgIpc) is 2.55. The number of amides is 1. The molecule has 0 radical (unpaired) electrons. The summed E-state index contributed by atoms with van der Waals surface area (Å²) in [5, 5.41) is 11.8. The van der Waals surface area contributed by atoms with Gasteiger partial charge in [-0.1, -0.05) is 0 Å². The van der Waals surface area contributed by atoms with Crippen LogP contribution in [-0.4, -0.2) is 29.3 Å². The number of alkyl halides is 3. The second kappa shape index (κ2) is 8.63. The van der Waals surface area contributed by atoms with Gasteiger partial charge in [-0.05, 0) is 63.6 Å². The maximum absolute atomic E-state index is 12.7. The molecule has 27 heavy (non-hydrogen) atoms. The normalized spacial score (nSPS) is 20.4. The van der Waals surface area contributed by atoms with Gasteiger partial charge in [0.2, 0.25) is 5.91 Å². The van der Waals surface area contributed by atoms with E-state index in [9.17, 15) is 22.8 Å². The fraction of sp³-hybridized carbons (Fsp3) is 0.579. The molecule has 0 aliphatic heterocycles. The molecule has 1 amide bonds. The molecule has 5 nitrogen and oxygen atoms in total. The van der Waals surface area contributed by atoms with Crippen LogP contribution in [-0.2, 0) is 4.79 Å². The molecule has 1 saturated carbocycles. The maximum atomic E-state index is 12.7. The third kappa shape index (κ3) is 6.15. The molecule has 0 heterocycles. The molecule has 0 aromatic heterocycles. The summed E-state index contributed by atoms with van der Waals surface area (Å²) in [4.78, 5) is 23.5. The zero-order chi connectivity index (χ0) is 20.2. The number of carbonyl (C=O) groups excluding carboxylic acids is 1. The molecule has 8 heteroatoms. The fourth-order valence-corrected chi connectivity index (χ4v) is 3.27. The van der Waals surface area contributed by atoms with Gasteiger partial charge >= 0.3 is 12.1 Å². The summed E-state index contributed by atoms with van der Waals surface area (Å²) in [5.74, 6) is -2.53. The monoisotopic (exact) mass is 387 g/mol. The quantitative estimate of drug-likeness (QED) is 0.730. The van der Waals surface area contributed by atoms with Crippen molar-refractivity contribution < 1.29 is 32.6 Å². The number of halogens is 3. The highest BCUT2D eigenvalue weighted by Gasteiger charge is 2.41. The summed E-state index contributed by atoms with van der Waals surface area (Å²) in [6, 6.07) is 4.18. The Kier molecular flexibility index (Phi) is 6.73. The molecule has 1 aromatic rings. The van der Waals surface area contributed by atoms with E-state index in [2.05, 4.69) is 5.32 Å². The van der Waals surface area contributed by atoms with Crippen molar-refractivity contribution >= 4 is 17.6 Å². The number of hydrogen-bond donors (Lipinski definition) is 2. The predicted octanol–water partition coefficient (Wildman–Crippen LogP) is 4.87. The smallest absolute Gasteiger partial charge is 0.391 e. The van der Waals surface area contributed by atoms with E-state index < -0.39 is 18.1 Å². The van der Waals surface area contributed by atoms with Gasteiger partial charge in [-0.3, -0.25) is 4.79 Å². The number of aromatic carboxylic acids is 1. The molecule has 2 rings (SSSR count). The van der Waals surface area contributed by atoms with Crippen LogP contribution in [0.3, 0.4) is 0 Å². The third-order valence-corrected chi connectivity index (χ3v) is 4.65. The topological polar surface area (TPSA) is 75.6 Å². The van der Waals surface area contributed by atoms with Gasteiger partial charge < -0.3 is 15.2 Å². The Bertz CT molecular complexity index is 680. The first kappa shape index (κ1) is 21.1. The van der Waals surface area contributed by atoms with Crippen LogP contribution >= 0.6 is 0 Å². The first-order valence-corrected chi connectivity index (χ1v) is 8.96. The number of carboxylic acids is 1. The number of benzene rings is 1. The number of anilines is 1. The van der Waals surface area contributed by atoms with Crippen molar-refractivity contribution in [2.45, 2.75) is 58.2 Å². The van der Waals surface area contributed by atoms with Gasteiger partial charge in [-0.15, -0.1) is 0 Å². The standard InChI is InChI=1S/C19H24F3NO4/c1-11(2)27-16-8-5-13(18(25)26)10-15(16)23-17(24)9-12-3-6-14(7-4-12)19(20,21)22/h5,8,10-12,14H,3-4,6-7,9H2,1-2H3,(H,23,24)(H,25,26). The Morgan fingerprint density at radius 2 is 1.85 bits per heavy atom. The summed E-state index contributed by atoms with van der Waals surface area (Å²) in [6.45, 7) is 3.60. The van der Waals surface area contributed by atoms with Crippen LogP contribution in [0.15, 0.2) is 18.2 Å². The second-order valence-electron chi connectivity index (χ2n) is 7.19. The van der Waals surface area contributed by atoms with Gasteiger partial charge in [0.05, 0.1) is 23.3 Å². The molecule has 2 N–H and O–H groups in total. The van der Waals surface area contributed by atoms with Crippen LogP contribution in [0.4, 0.5) is 18.9 Å². The number of nitrogens with one attached hydrogen (secondary N) is 1. The van der Waals surface area contributed by atoms with E-state index >= 15 is 0 Å². The van der Waals surface area contributed by atoms with Crippen molar-refractivity contribution in [3.8, 4) is 5.75 Å². The highest BCUT2D eigenvalue weighted by molar-refractivity contribution is 5.95. The van der Waals surface area contributed by atoms with E-state index in [-0.39, 0.29) is 48.4 Å². The Morgan fingerprint density at radius 1 is 1.22 bits per heavy atom. The van der Waals surface area contributed by atoms with Gasteiger partial charge in [0, 0.05) is 6.42 Å². The molecule has 0 saturated heterocycles. The third-order valence-electron chi connectivity index (χ3n) is 4.65. The van der Waals surface area contributed by atoms with Crippen LogP contribution in [0.5, 0.6) is 5.75 Å². The number of rotatable bonds is 6. The van der Waals surface area contributed by atoms with E-state index in [0.29, 0.717) is 18.6 Å². The lowest BCUT2D eigenvalue weighted by Gasteiger charge is -2.29. The molecule has 1 aromatic carbocycles. The van der Waals surface area contributed by atoms with Crippen LogP contribution in [0.1, 0.15) is 56.3 Å². The summed E-state index contributed by atoms with van der Waals surface area (Å²) in [6.07, 6.45) is -3.47.